The van der Waals surface area contributed by atoms with Gasteiger partial charge in [0, 0.05) is 13.5 Å². The molecule has 1 aliphatic carbocycles. The molecule has 1 aromatic rings. The highest BCUT2D eigenvalue weighted by atomic mass is 16.5. The Labute approximate surface area is 102 Å². The summed E-state index contributed by atoms with van der Waals surface area (Å²) in [4.78, 5) is 4.57. The maximum Gasteiger partial charge on any atom is 0.182 e. The van der Waals surface area contributed by atoms with Crippen LogP contribution in [0, 0.1) is 0 Å². The lowest BCUT2D eigenvalue weighted by molar-refractivity contribution is -0.0512. The topological polar surface area (TPSA) is 76.8 Å². The summed E-state index contributed by atoms with van der Waals surface area (Å²) in [5, 5.41) is 7.33. The maximum atomic E-state index is 5.71. The standard InChI is InChI=1S/C12H22N4O/c1-17-12(7-3-2-4-8-12)11-14-10(15-16-11)6-5-9-13/h2-9,13H2,1H3,(H,14,15,16). The minimum absolute atomic E-state index is 0.254. The monoisotopic (exact) mass is 238 g/mol. The van der Waals surface area contributed by atoms with Crippen LogP contribution in [0.1, 0.15) is 50.2 Å². The molecule has 5 heteroatoms. The van der Waals surface area contributed by atoms with E-state index < -0.39 is 0 Å². The highest BCUT2D eigenvalue weighted by Crippen LogP contribution is 2.38. The molecule has 1 saturated carbocycles. The van der Waals surface area contributed by atoms with Crippen molar-refractivity contribution in [2.24, 2.45) is 5.73 Å². The molecule has 0 atom stereocenters. The Morgan fingerprint density at radius 2 is 2.12 bits per heavy atom. The summed E-state index contributed by atoms with van der Waals surface area (Å²) in [5.74, 6) is 1.75. The Hall–Kier alpha value is -0.940. The van der Waals surface area contributed by atoms with Crippen LogP contribution in [0.15, 0.2) is 0 Å². The number of aryl methyl sites for hydroxylation is 1. The van der Waals surface area contributed by atoms with Gasteiger partial charge in [0.25, 0.3) is 0 Å². The second kappa shape index (κ2) is 5.60. The lowest BCUT2D eigenvalue weighted by Crippen LogP contribution is -2.32. The van der Waals surface area contributed by atoms with Crippen LogP contribution in [-0.4, -0.2) is 28.8 Å². The predicted molar refractivity (Wildman–Crippen MR) is 65.5 cm³/mol. The SMILES string of the molecule is COC1(c2n[nH]c(CCCN)n2)CCCCC1. The van der Waals surface area contributed by atoms with Gasteiger partial charge < -0.3 is 10.5 Å². The van der Waals surface area contributed by atoms with Crippen LogP contribution in [0.4, 0.5) is 0 Å². The molecule has 1 heterocycles. The van der Waals surface area contributed by atoms with Crippen LogP contribution >= 0.6 is 0 Å². The van der Waals surface area contributed by atoms with E-state index >= 15 is 0 Å². The molecule has 1 fully saturated rings. The highest BCUT2D eigenvalue weighted by Gasteiger charge is 2.37. The van der Waals surface area contributed by atoms with Gasteiger partial charge in [-0.15, -0.1) is 0 Å². The second-order valence-corrected chi connectivity index (χ2v) is 4.76. The fourth-order valence-corrected chi connectivity index (χ4v) is 2.52. The van der Waals surface area contributed by atoms with Crippen LogP contribution in [0.3, 0.4) is 0 Å². The maximum absolute atomic E-state index is 5.71. The summed E-state index contributed by atoms with van der Waals surface area (Å²) in [7, 11) is 1.77. The molecule has 96 valence electrons. The number of aromatic nitrogens is 3. The molecular formula is C12H22N4O. The zero-order valence-corrected chi connectivity index (χ0v) is 10.5. The van der Waals surface area contributed by atoms with E-state index in [4.69, 9.17) is 10.5 Å². The summed E-state index contributed by atoms with van der Waals surface area (Å²) in [6, 6.07) is 0. The number of hydrogen-bond donors (Lipinski definition) is 2. The normalized spacial score (nSPS) is 19.4. The van der Waals surface area contributed by atoms with E-state index in [0.717, 1.165) is 37.3 Å². The third-order valence-corrected chi connectivity index (χ3v) is 3.61. The number of rotatable bonds is 5. The molecule has 0 amide bonds. The third kappa shape index (κ3) is 2.66. The largest absolute Gasteiger partial charge is 0.370 e. The number of methoxy groups -OCH3 is 1. The van der Waals surface area contributed by atoms with Crippen molar-refractivity contribution in [3.63, 3.8) is 0 Å². The van der Waals surface area contributed by atoms with E-state index in [-0.39, 0.29) is 5.60 Å². The van der Waals surface area contributed by atoms with Gasteiger partial charge in [0.05, 0.1) is 0 Å². The van der Waals surface area contributed by atoms with Gasteiger partial charge >= 0.3 is 0 Å². The van der Waals surface area contributed by atoms with Gasteiger partial charge in [0.1, 0.15) is 11.4 Å². The van der Waals surface area contributed by atoms with Gasteiger partial charge in [0.2, 0.25) is 0 Å². The van der Waals surface area contributed by atoms with Gasteiger partial charge in [0.15, 0.2) is 5.82 Å². The summed E-state index contributed by atoms with van der Waals surface area (Å²) < 4.78 is 5.71. The molecule has 0 unspecified atom stereocenters. The van der Waals surface area contributed by atoms with Crippen molar-refractivity contribution in [2.75, 3.05) is 13.7 Å². The van der Waals surface area contributed by atoms with E-state index in [9.17, 15) is 0 Å². The third-order valence-electron chi connectivity index (χ3n) is 3.61. The van der Waals surface area contributed by atoms with Crippen molar-refractivity contribution in [1.82, 2.24) is 15.2 Å². The van der Waals surface area contributed by atoms with E-state index in [1.807, 2.05) is 0 Å². The van der Waals surface area contributed by atoms with Gasteiger partial charge in [-0.3, -0.25) is 5.10 Å². The average Bonchev–Trinajstić information content (AvgIpc) is 2.86. The average molecular weight is 238 g/mol. The first kappa shape index (κ1) is 12.5. The number of ether oxygens (including phenoxy) is 1. The van der Waals surface area contributed by atoms with Gasteiger partial charge in [-0.2, -0.15) is 5.10 Å². The first-order chi connectivity index (χ1) is 8.30. The summed E-state index contributed by atoms with van der Waals surface area (Å²) >= 11 is 0. The zero-order chi connectivity index (χ0) is 12.1. The van der Waals surface area contributed by atoms with E-state index in [1.165, 1.54) is 19.3 Å². The van der Waals surface area contributed by atoms with E-state index in [2.05, 4.69) is 15.2 Å². The molecule has 1 aromatic heterocycles. The number of H-pyrrole nitrogens is 1. The molecule has 2 rings (SSSR count). The van der Waals surface area contributed by atoms with Gasteiger partial charge in [-0.05, 0) is 25.8 Å². The lowest BCUT2D eigenvalue weighted by atomic mass is 9.84. The predicted octanol–water partition coefficient (Wildman–Crippen LogP) is 1.50. The molecule has 0 bridgehead atoms. The van der Waals surface area contributed by atoms with Crippen molar-refractivity contribution >= 4 is 0 Å². The Balaban J connectivity index is 2.10. The first-order valence-electron chi connectivity index (χ1n) is 6.48. The Kier molecular flexibility index (Phi) is 4.12. The van der Waals surface area contributed by atoms with Crippen LogP contribution < -0.4 is 5.73 Å². The quantitative estimate of drug-likeness (QED) is 0.815. The van der Waals surface area contributed by atoms with Crippen molar-refractivity contribution in [3.8, 4) is 0 Å². The zero-order valence-electron chi connectivity index (χ0n) is 10.5. The Morgan fingerprint density at radius 3 is 2.76 bits per heavy atom. The van der Waals surface area contributed by atoms with Crippen LogP contribution in [0.25, 0.3) is 0 Å². The van der Waals surface area contributed by atoms with Crippen molar-refractivity contribution in [3.05, 3.63) is 11.6 Å². The minimum atomic E-state index is -0.254. The molecule has 5 nitrogen and oxygen atoms in total. The summed E-state index contributed by atoms with van der Waals surface area (Å²) in [6.45, 7) is 0.686. The second-order valence-electron chi connectivity index (χ2n) is 4.76. The molecule has 0 aromatic carbocycles. The summed E-state index contributed by atoms with van der Waals surface area (Å²) in [5.41, 5.74) is 5.24. The smallest absolute Gasteiger partial charge is 0.182 e. The number of nitrogens with two attached hydrogens (primary N) is 1. The highest BCUT2D eigenvalue weighted by molar-refractivity contribution is 5.05. The number of hydrogen-bond acceptors (Lipinski definition) is 4. The molecule has 0 aliphatic heterocycles. The van der Waals surface area contributed by atoms with E-state index in [1.54, 1.807) is 7.11 Å². The van der Waals surface area contributed by atoms with Gasteiger partial charge in [-0.25, -0.2) is 4.98 Å². The molecule has 0 radical (unpaired) electrons. The van der Waals surface area contributed by atoms with Crippen molar-refractivity contribution in [1.29, 1.82) is 0 Å². The Morgan fingerprint density at radius 1 is 1.35 bits per heavy atom. The van der Waals surface area contributed by atoms with E-state index in [0.29, 0.717) is 6.54 Å². The molecule has 3 N–H and O–H groups in total. The fraction of sp³-hybridized carbons (Fsp3) is 0.833. The molecule has 1 aliphatic rings. The number of nitrogens with zero attached hydrogens (tertiary/aromatic N) is 2. The fourth-order valence-electron chi connectivity index (χ4n) is 2.52. The van der Waals surface area contributed by atoms with Crippen LogP contribution in [0.2, 0.25) is 0 Å². The van der Waals surface area contributed by atoms with Crippen molar-refractivity contribution < 1.29 is 4.74 Å². The van der Waals surface area contributed by atoms with Crippen molar-refractivity contribution in [2.45, 2.75) is 50.5 Å². The van der Waals surface area contributed by atoms with Gasteiger partial charge in [-0.1, -0.05) is 19.3 Å². The number of nitrogens with one attached hydrogen (secondary N) is 1. The van der Waals surface area contributed by atoms with Crippen LogP contribution in [-0.2, 0) is 16.8 Å². The van der Waals surface area contributed by atoms with Crippen LogP contribution in [0.5, 0.6) is 0 Å². The molecule has 0 saturated heterocycles. The molecule has 0 spiro atoms. The molecular weight excluding hydrogens is 216 g/mol. The minimum Gasteiger partial charge on any atom is -0.370 e. The molecule has 17 heavy (non-hydrogen) atoms. The first-order valence-corrected chi connectivity index (χ1v) is 6.48. The lowest BCUT2D eigenvalue weighted by Gasteiger charge is -2.33. The number of aromatic amines is 1. The Bertz CT molecular complexity index is 344. The summed E-state index contributed by atoms with van der Waals surface area (Å²) in [6.07, 6.45) is 7.53.